The quantitative estimate of drug-likeness (QED) is 0.450. The van der Waals surface area contributed by atoms with Gasteiger partial charge in [0.05, 0.1) is 23.8 Å². The van der Waals surface area contributed by atoms with E-state index in [-0.39, 0.29) is 0 Å². The van der Waals surface area contributed by atoms with Gasteiger partial charge in [-0.1, -0.05) is 23.4 Å². The molecule has 0 N–H and O–H groups in total. The van der Waals surface area contributed by atoms with Gasteiger partial charge in [-0.2, -0.15) is 5.10 Å². The standard InChI is InChI=1S/C17H21ClN4OS/c1-21-12-13(11-19-21)4-3-9-24-17-20-15-10-14(18)5-6-16(15)22(17)7-8-23-2/h5-6,10-12H,3-4,7-9H2,1-2H3. The number of benzene rings is 1. The fraction of sp³-hybridized carbons (Fsp3) is 0.412. The van der Waals surface area contributed by atoms with Crippen molar-refractivity contribution in [1.82, 2.24) is 19.3 Å². The summed E-state index contributed by atoms with van der Waals surface area (Å²) in [4.78, 5) is 4.74. The van der Waals surface area contributed by atoms with E-state index in [0.29, 0.717) is 11.6 Å². The number of methoxy groups -OCH3 is 1. The van der Waals surface area contributed by atoms with E-state index in [1.807, 2.05) is 36.1 Å². The molecule has 0 aliphatic rings. The summed E-state index contributed by atoms with van der Waals surface area (Å²) >= 11 is 7.87. The van der Waals surface area contributed by atoms with Gasteiger partial charge in [0, 0.05) is 37.7 Å². The average Bonchev–Trinajstić information content (AvgIpc) is 3.12. The van der Waals surface area contributed by atoms with Crippen molar-refractivity contribution in [2.45, 2.75) is 24.5 Å². The molecular formula is C17H21ClN4OS. The number of halogens is 1. The van der Waals surface area contributed by atoms with Gasteiger partial charge in [-0.25, -0.2) is 4.98 Å². The van der Waals surface area contributed by atoms with Crippen LogP contribution in [0.3, 0.4) is 0 Å². The normalized spacial score (nSPS) is 11.5. The van der Waals surface area contributed by atoms with Crippen molar-refractivity contribution >= 4 is 34.4 Å². The molecular weight excluding hydrogens is 344 g/mol. The van der Waals surface area contributed by atoms with Crippen molar-refractivity contribution in [3.8, 4) is 0 Å². The lowest BCUT2D eigenvalue weighted by atomic mass is 10.2. The first-order valence-corrected chi connectivity index (χ1v) is 9.29. The minimum absolute atomic E-state index is 0.664. The molecule has 2 heterocycles. The van der Waals surface area contributed by atoms with Gasteiger partial charge < -0.3 is 9.30 Å². The van der Waals surface area contributed by atoms with Crippen LogP contribution in [-0.4, -0.2) is 38.8 Å². The molecule has 0 aliphatic heterocycles. The number of hydrogen-bond donors (Lipinski definition) is 0. The smallest absolute Gasteiger partial charge is 0.169 e. The Morgan fingerprint density at radius 2 is 2.21 bits per heavy atom. The summed E-state index contributed by atoms with van der Waals surface area (Å²) in [6.07, 6.45) is 6.12. The van der Waals surface area contributed by atoms with Crippen molar-refractivity contribution in [2.75, 3.05) is 19.5 Å². The summed E-state index contributed by atoms with van der Waals surface area (Å²) in [5.41, 5.74) is 3.32. The van der Waals surface area contributed by atoms with Gasteiger partial charge in [-0.3, -0.25) is 4.68 Å². The molecule has 128 valence electrons. The van der Waals surface area contributed by atoms with Crippen LogP contribution in [0.2, 0.25) is 5.02 Å². The van der Waals surface area contributed by atoms with Crippen LogP contribution >= 0.6 is 23.4 Å². The molecule has 3 aromatic rings. The number of thioether (sulfide) groups is 1. The molecule has 0 radical (unpaired) electrons. The van der Waals surface area contributed by atoms with Gasteiger partial charge >= 0.3 is 0 Å². The van der Waals surface area contributed by atoms with Crippen molar-refractivity contribution in [3.05, 3.63) is 41.2 Å². The lowest BCUT2D eigenvalue weighted by molar-refractivity contribution is 0.186. The summed E-state index contributed by atoms with van der Waals surface area (Å²) in [6, 6.07) is 5.85. The number of hydrogen-bond acceptors (Lipinski definition) is 4. The largest absolute Gasteiger partial charge is 0.383 e. The Hall–Kier alpha value is -1.50. The highest BCUT2D eigenvalue weighted by molar-refractivity contribution is 7.99. The minimum atomic E-state index is 0.664. The van der Waals surface area contributed by atoms with Crippen LogP contribution in [0, 0.1) is 0 Å². The highest BCUT2D eigenvalue weighted by atomic mass is 35.5. The Morgan fingerprint density at radius 1 is 1.33 bits per heavy atom. The van der Waals surface area contributed by atoms with Crippen LogP contribution in [0.5, 0.6) is 0 Å². The van der Waals surface area contributed by atoms with Crippen LogP contribution < -0.4 is 0 Å². The molecule has 1 aromatic carbocycles. The molecule has 0 amide bonds. The third-order valence-corrected chi connectivity index (χ3v) is 5.09. The first kappa shape index (κ1) is 17.3. The molecule has 0 atom stereocenters. The molecule has 3 rings (SSSR count). The second-order valence-electron chi connectivity index (χ2n) is 5.65. The Labute approximate surface area is 151 Å². The monoisotopic (exact) mass is 364 g/mol. The van der Waals surface area contributed by atoms with E-state index in [1.165, 1.54) is 5.56 Å². The third-order valence-electron chi connectivity index (χ3n) is 3.79. The minimum Gasteiger partial charge on any atom is -0.383 e. The van der Waals surface area contributed by atoms with Gasteiger partial charge in [-0.05, 0) is 36.6 Å². The van der Waals surface area contributed by atoms with Crippen molar-refractivity contribution in [1.29, 1.82) is 0 Å². The molecule has 0 saturated heterocycles. The average molecular weight is 365 g/mol. The van der Waals surface area contributed by atoms with Gasteiger partial charge in [0.25, 0.3) is 0 Å². The predicted molar refractivity (Wildman–Crippen MR) is 98.9 cm³/mol. The van der Waals surface area contributed by atoms with Gasteiger partial charge in [0.1, 0.15) is 0 Å². The number of fused-ring (bicyclic) bond motifs is 1. The lowest BCUT2D eigenvalue weighted by Gasteiger charge is -2.08. The lowest BCUT2D eigenvalue weighted by Crippen LogP contribution is -2.05. The number of nitrogens with zero attached hydrogens (tertiary/aromatic N) is 4. The van der Waals surface area contributed by atoms with Gasteiger partial charge in [0.15, 0.2) is 5.16 Å². The van der Waals surface area contributed by atoms with E-state index in [9.17, 15) is 0 Å². The summed E-state index contributed by atoms with van der Waals surface area (Å²) in [7, 11) is 3.66. The molecule has 0 aliphatic carbocycles. The molecule has 0 spiro atoms. The summed E-state index contributed by atoms with van der Waals surface area (Å²) in [5, 5.41) is 5.94. The zero-order valence-electron chi connectivity index (χ0n) is 13.9. The number of ether oxygens (including phenoxy) is 1. The van der Waals surface area contributed by atoms with E-state index in [1.54, 1.807) is 18.9 Å². The number of aryl methyl sites for hydroxylation is 2. The molecule has 2 aromatic heterocycles. The van der Waals surface area contributed by atoms with Crippen LogP contribution in [-0.2, 0) is 24.8 Å². The first-order chi connectivity index (χ1) is 11.7. The Morgan fingerprint density at radius 3 is 2.96 bits per heavy atom. The van der Waals surface area contributed by atoms with E-state index in [2.05, 4.69) is 15.9 Å². The molecule has 0 bridgehead atoms. The number of imidazole rings is 1. The molecule has 0 saturated carbocycles. The highest BCUT2D eigenvalue weighted by Crippen LogP contribution is 2.27. The van der Waals surface area contributed by atoms with Crippen LogP contribution in [0.4, 0.5) is 0 Å². The second-order valence-corrected chi connectivity index (χ2v) is 7.14. The first-order valence-electron chi connectivity index (χ1n) is 7.92. The zero-order chi connectivity index (χ0) is 16.9. The van der Waals surface area contributed by atoms with E-state index < -0.39 is 0 Å². The summed E-state index contributed by atoms with van der Waals surface area (Å²) in [6.45, 7) is 1.46. The van der Waals surface area contributed by atoms with Crippen molar-refractivity contribution < 1.29 is 4.74 Å². The van der Waals surface area contributed by atoms with Crippen LogP contribution in [0.1, 0.15) is 12.0 Å². The maximum Gasteiger partial charge on any atom is 0.169 e. The van der Waals surface area contributed by atoms with Crippen LogP contribution in [0.15, 0.2) is 35.7 Å². The highest BCUT2D eigenvalue weighted by Gasteiger charge is 2.11. The molecule has 7 heteroatoms. The van der Waals surface area contributed by atoms with Gasteiger partial charge in [-0.15, -0.1) is 0 Å². The second kappa shape index (κ2) is 8.05. The SMILES string of the molecule is COCCn1c(SCCCc2cnn(C)c2)nc2cc(Cl)ccc21. The molecule has 0 fully saturated rings. The maximum atomic E-state index is 6.09. The maximum absolute atomic E-state index is 6.09. The van der Waals surface area contributed by atoms with Crippen molar-refractivity contribution in [2.24, 2.45) is 7.05 Å². The third kappa shape index (κ3) is 4.12. The molecule has 0 unspecified atom stereocenters. The van der Waals surface area contributed by atoms with E-state index in [4.69, 9.17) is 21.3 Å². The zero-order valence-corrected chi connectivity index (χ0v) is 15.5. The van der Waals surface area contributed by atoms with Crippen molar-refractivity contribution in [3.63, 3.8) is 0 Å². The summed E-state index contributed by atoms with van der Waals surface area (Å²) < 4.78 is 9.29. The Balaban J connectivity index is 1.68. The fourth-order valence-electron chi connectivity index (χ4n) is 2.63. The topological polar surface area (TPSA) is 44.9 Å². The predicted octanol–water partition coefficient (Wildman–Crippen LogP) is 3.79. The van der Waals surface area contributed by atoms with Gasteiger partial charge in [0.2, 0.25) is 0 Å². The van der Waals surface area contributed by atoms with E-state index >= 15 is 0 Å². The summed E-state index contributed by atoms with van der Waals surface area (Å²) in [5.74, 6) is 1.01. The molecule has 24 heavy (non-hydrogen) atoms. The van der Waals surface area contributed by atoms with E-state index in [0.717, 1.165) is 41.3 Å². The molecule has 5 nitrogen and oxygen atoms in total. The Bertz CT molecular complexity index is 814. The van der Waals surface area contributed by atoms with Crippen LogP contribution in [0.25, 0.3) is 11.0 Å². The Kier molecular flexibility index (Phi) is 5.81. The number of aromatic nitrogens is 4. The fourth-order valence-corrected chi connectivity index (χ4v) is 3.78. The number of rotatable bonds is 8.